The summed E-state index contributed by atoms with van der Waals surface area (Å²) in [6.45, 7) is 4.24. The van der Waals surface area contributed by atoms with Crippen LogP contribution in [0.25, 0.3) is 0 Å². The molecule has 0 unspecified atom stereocenters. The Kier molecular flexibility index (Phi) is 3.60. The van der Waals surface area contributed by atoms with Crippen LogP contribution in [-0.4, -0.2) is 13.2 Å². The van der Waals surface area contributed by atoms with Gasteiger partial charge in [-0.25, -0.2) is 4.79 Å². The molecule has 0 heterocycles. The Morgan fingerprint density at radius 2 is 2.11 bits per heavy atom. The maximum atomic E-state index is 10.6. The number of halogens is 1. The lowest BCUT2D eigenvalue weighted by Gasteiger charge is -2.19. The topological polar surface area (TPSA) is 38.7 Å². The van der Waals surface area contributed by atoms with Crippen LogP contribution in [0.2, 0.25) is 0 Å². The average Bonchev–Trinajstić information content (AvgIpc) is 3.09. The second-order valence-electron chi connectivity index (χ2n) is 4.97. The molecule has 1 aliphatic rings. The van der Waals surface area contributed by atoms with E-state index in [0.29, 0.717) is 5.92 Å². The highest BCUT2D eigenvalue weighted by Crippen LogP contribution is 2.54. The minimum Gasteiger partial charge on any atom is -0.496 e. The number of hydrogen-bond donors (Lipinski definition) is 0. The van der Waals surface area contributed by atoms with Crippen LogP contribution in [0.3, 0.4) is 0 Å². The number of carbonyl (C=O) groups excluding carboxylic acids is 1. The Bertz CT molecular complexity index is 515. The zero-order valence-corrected chi connectivity index (χ0v) is 12.4. The lowest BCUT2D eigenvalue weighted by Crippen LogP contribution is -2.08. The van der Waals surface area contributed by atoms with E-state index in [0.717, 1.165) is 34.2 Å². The lowest BCUT2D eigenvalue weighted by molar-refractivity contribution is 0.397. The molecule has 0 spiro atoms. The van der Waals surface area contributed by atoms with Crippen molar-refractivity contribution in [3.8, 4) is 5.75 Å². The fourth-order valence-corrected chi connectivity index (χ4v) is 2.74. The van der Waals surface area contributed by atoms with Gasteiger partial charge in [0.25, 0.3) is 0 Å². The second-order valence-corrected chi connectivity index (χ2v) is 5.88. The van der Waals surface area contributed by atoms with Gasteiger partial charge in [-0.15, -0.1) is 0 Å². The number of nitrogens with zero attached hydrogens (tertiary/aromatic N) is 1. The summed E-state index contributed by atoms with van der Waals surface area (Å²) in [6.07, 6.45) is 3.46. The quantitative estimate of drug-likeness (QED) is 0.625. The van der Waals surface area contributed by atoms with Crippen molar-refractivity contribution in [1.82, 2.24) is 0 Å². The maximum Gasteiger partial charge on any atom is 0.235 e. The first-order valence-electron chi connectivity index (χ1n) is 6.01. The maximum absolute atomic E-state index is 10.6. The number of isocyanates is 1. The van der Waals surface area contributed by atoms with Gasteiger partial charge in [-0.2, -0.15) is 4.99 Å². The van der Waals surface area contributed by atoms with Crippen LogP contribution in [0.1, 0.15) is 43.7 Å². The van der Waals surface area contributed by atoms with Crippen molar-refractivity contribution in [2.24, 2.45) is 4.99 Å². The van der Waals surface area contributed by atoms with Crippen molar-refractivity contribution in [1.29, 1.82) is 0 Å². The zero-order chi connectivity index (χ0) is 13.3. The van der Waals surface area contributed by atoms with E-state index in [1.54, 1.807) is 13.2 Å². The van der Waals surface area contributed by atoms with E-state index >= 15 is 0 Å². The van der Waals surface area contributed by atoms with E-state index in [1.165, 1.54) is 0 Å². The van der Waals surface area contributed by atoms with Crippen molar-refractivity contribution in [2.75, 3.05) is 7.11 Å². The van der Waals surface area contributed by atoms with Gasteiger partial charge in [-0.1, -0.05) is 29.8 Å². The van der Waals surface area contributed by atoms with Crippen molar-refractivity contribution < 1.29 is 9.53 Å². The van der Waals surface area contributed by atoms with E-state index in [1.807, 2.05) is 6.07 Å². The van der Waals surface area contributed by atoms with Crippen molar-refractivity contribution in [3.63, 3.8) is 0 Å². The molecule has 2 rings (SSSR count). The molecule has 1 aliphatic carbocycles. The van der Waals surface area contributed by atoms with E-state index in [2.05, 4.69) is 40.8 Å². The van der Waals surface area contributed by atoms with E-state index < -0.39 is 5.54 Å². The number of benzene rings is 1. The van der Waals surface area contributed by atoms with Gasteiger partial charge in [-0.3, -0.25) is 0 Å². The first-order valence-corrected chi connectivity index (χ1v) is 6.80. The number of hydrogen-bond acceptors (Lipinski definition) is 3. The van der Waals surface area contributed by atoms with E-state index in [-0.39, 0.29) is 0 Å². The lowest BCUT2D eigenvalue weighted by atomic mass is 9.95. The third kappa shape index (κ3) is 2.23. The highest BCUT2D eigenvalue weighted by atomic mass is 79.9. The van der Waals surface area contributed by atoms with Gasteiger partial charge in [-0.05, 0) is 36.5 Å². The Morgan fingerprint density at radius 3 is 2.56 bits per heavy atom. The van der Waals surface area contributed by atoms with Gasteiger partial charge in [0.05, 0.1) is 7.11 Å². The number of aliphatic imine (C=N–C) groups is 1. The third-order valence-corrected chi connectivity index (χ3v) is 3.85. The fourth-order valence-electron chi connectivity index (χ4n) is 2.26. The molecule has 0 saturated heterocycles. The summed E-state index contributed by atoms with van der Waals surface area (Å²) in [4.78, 5) is 14.6. The van der Waals surface area contributed by atoms with Crippen LogP contribution in [0.4, 0.5) is 0 Å². The minimum absolute atomic E-state index is 0.354. The first kappa shape index (κ1) is 13.3. The van der Waals surface area contributed by atoms with Gasteiger partial charge in [0.1, 0.15) is 11.3 Å². The molecule has 0 aliphatic heterocycles. The van der Waals surface area contributed by atoms with Crippen LogP contribution < -0.4 is 4.74 Å². The summed E-state index contributed by atoms with van der Waals surface area (Å²) in [6, 6.07) is 4.06. The van der Waals surface area contributed by atoms with Crippen LogP contribution in [0, 0.1) is 0 Å². The Balaban J connectivity index is 2.63. The molecular weight excluding hydrogens is 294 g/mol. The molecule has 4 heteroatoms. The molecule has 96 valence electrons. The number of ether oxygens (including phenoxy) is 1. The van der Waals surface area contributed by atoms with Crippen molar-refractivity contribution in [2.45, 2.75) is 38.1 Å². The van der Waals surface area contributed by atoms with Crippen LogP contribution >= 0.6 is 15.9 Å². The van der Waals surface area contributed by atoms with E-state index in [4.69, 9.17) is 4.74 Å². The summed E-state index contributed by atoms with van der Waals surface area (Å²) < 4.78 is 6.55. The zero-order valence-electron chi connectivity index (χ0n) is 10.8. The molecule has 0 radical (unpaired) electrons. The van der Waals surface area contributed by atoms with Gasteiger partial charge in [0, 0.05) is 10.0 Å². The van der Waals surface area contributed by atoms with Gasteiger partial charge < -0.3 is 4.74 Å². The molecule has 0 amide bonds. The summed E-state index contributed by atoms with van der Waals surface area (Å²) in [5.74, 6) is 1.21. The van der Waals surface area contributed by atoms with Crippen molar-refractivity contribution in [3.05, 3.63) is 27.7 Å². The Labute approximate surface area is 115 Å². The highest BCUT2D eigenvalue weighted by Gasteiger charge is 2.47. The molecule has 0 bridgehead atoms. The van der Waals surface area contributed by atoms with Gasteiger partial charge >= 0.3 is 0 Å². The Hall–Kier alpha value is -1.12. The van der Waals surface area contributed by atoms with Crippen LogP contribution in [0.5, 0.6) is 5.75 Å². The van der Waals surface area contributed by atoms with Gasteiger partial charge in [0.15, 0.2) is 0 Å². The summed E-state index contributed by atoms with van der Waals surface area (Å²) in [5.41, 5.74) is 1.72. The Morgan fingerprint density at radius 1 is 1.44 bits per heavy atom. The average molecular weight is 310 g/mol. The van der Waals surface area contributed by atoms with E-state index in [9.17, 15) is 4.79 Å². The van der Waals surface area contributed by atoms with Gasteiger partial charge in [0.2, 0.25) is 6.08 Å². The highest BCUT2D eigenvalue weighted by molar-refractivity contribution is 9.10. The molecule has 1 saturated carbocycles. The molecule has 0 aromatic heterocycles. The molecule has 1 aromatic rings. The van der Waals surface area contributed by atoms with Crippen molar-refractivity contribution >= 4 is 22.0 Å². The predicted octanol–water partition coefficient (Wildman–Crippen LogP) is 3.91. The second kappa shape index (κ2) is 4.87. The molecule has 1 aromatic carbocycles. The fraction of sp³-hybridized carbons (Fsp3) is 0.500. The minimum atomic E-state index is -0.402. The largest absolute Gasteiger partial charge is 0.496 e. The predicted molar refractivity (Wildman–Crippen MR) is 73.8 cm³/mol. The van der Waals surface area contributed by atoms with Crippen LogP contribution in [-0.2, 0) is 10.3 Å². The summed E-state index contributed by atoms with van der Waals surface area (Å²) in [5, 5.41) is 0. The molecule has 18 heavy (non-hydrogen) atoms. The monoisotopic (exact) mass is 309 g/mol. The molecular formula is C14H16BrNO2. The molecule has 1 fully saturated rings. The number of rotatable bonds is 4. The summed E-state index contributed by atoms with van der Waals surface area (Å²) >= 11 is 3.52. The van der Waals surface area contributed by atoms with Crippen LogP contribution in [0.15, 0.2) is 21.6 Å². The molecule has 0 N–H and O–H groups in total. The third-order valence-electron chi connectivity index (χ3n) is 3.39. The number of methoxy groups -OCH3 is 1. The normalized spacial score (nSPS) is 16.3. The molecule has 0 atom stereocenters. The smallest absolute Gasteiger partial charge is 0.235 e. The SMILES string of the molecule is COc1c(C(C)C)cc(Br)cc1C1(N=C=O)CC1. The standard InChI is InChI=1S/C14H16BrNO2/c1-9(2)11-6-10(15)7-12(13(11)18-3)14(4-5-14)16-8-17/h6-7,9H,4-5H2,1-3H3. The molecule has 3 nitrogen and oxygen atoms in total. The first-order chi connectivity index (χ1) is 8.54. The summed E-state index contributed by atoms with van der Waals surface area (Å²) in [7, 11) is 1.67.